The molecule has 0 spiro atoms. The van der Waals surface area contributed by atoms with E-state index in [-0.39, 0.29) is 5.92 Å². The zero-order valence-corrected chi connectivity index (χ0v) is 10.8. The van der Waals surface area contributed by atoms with Gasteiger partial charge in [0.1, 0.15) is 36.7 Å². The van der Waals surface area contributed by atoms with Crippen molar-refractivity contribution in [3.05, 3.63) is 0 Å². The third-order valence-electron chi connectivity index (χ3n) is 3.17. The van der Waals surface area contributed by atoms with Crippen molar-refractivity contribution in [1.82, 2.24) is 5.32 Å². The van der Waals surface area contributed by atoms with Crippen LogP contribution in [0.5, 0.6) is 0 Å². The molecule has 0 radical (unpaired) electrons. The van der Waals surface area contributed by atoms with E-state index in [1.54, 1.807) is 13.8 Å². The summed E-state index contributed by atoms with van der Waals surface area (Å²) in [6.07, 6.45) is -6.71. The number of aliphatic hydroxyl groups is 4. The Kier molecular flexibility index (Phi) is 5.65. The topological polar surface area (TPSA) is 139 Å². The van der Waals surface area contributed by atoms with E-state index in [1.165, 1.54) is 0 Å². The van der Waals surface area contributed by atoms with Gasteiger partial charge in [-0.05, 0) is 5.92 Å². The molecule has 0 bridgehead atoms. The van der Waals surface area contributed by atoms with Gasteiger partial charge < -0.3 is 30.3 Å². The van der Waals surface area contributed by atoms with E-state index < -0.39 is 49.3 Å². The van der Waals surface area contributed by atoms with Crippen LogP contribution in [0.4, 0.5) is 0 Å². The number of aliphatic hydroxyl groups excluding tert-OH is 4. The van der Waals surface area contributed by atoms with Gasteiger partial charge in [0.15, 0.2) is 0 Å². The molecule has 1 saturated heterocycles. The van der Waals surface area contributed by atoms with Crippen LogP contribution in [0.2, 0.25) is 0 Å². The Morgan fingerprint density at radius 2 is 1.79 bits per heavy atom. The molecule has 0 aromatic rings. The minimum Gasteiger partial charge on any atom is -0.480 e. The van der Waals surface area contributed by atoms with Gasteiger partial charge >= 0.3 is 5.97 Å². The number of carboxylic acids is 1. The fourth-order valence-electron chi connectivity index (χ4n) is 1.97. The Balaban J connectivity index is 2.78. The first-order chi connectivity index (χ1) is 8.79. The summed E-state index contributed by atoms with van der Waals surface area (Å²) in [6, 6.07) is -0.985. The van der Waals surface area contributed by atoms with E-state index in [0.29, 0.717) is 0 Å². The summed E-state index contributed by atoms with van der Waals surface area (Å²) in [7, 11) is 0. The van der Waals surface area contributed by atoms with Gasteiger partial charge in [-0.1, -0.05) is 13.8 Å². The summed E-state index contributed by atoms with van der Waals surface area (Å²) in [6.45, 7) is 2.80. The predicted molar refractivity (Wildman–Crippen MR) is 63.2 cm³/mol. The largest absolute Gasteiger partial charge is 0.480 e. The Hall–Kier alpha value is -0.770. The third kappa shape index (κ3) is 3.62. The highest BCUT2D eigenvalue weighted by molar-refractivity contribution is 5.73. The molecule has 1 unspecified atom stereocenters. The number of carbonyl (C=O) groups is 1. The lowest BCUT2D eigenvalue weighted by Crippen LogP contribution is -2.64. The van der Waals surface area contributed by atoms with Crippen molar-refractivity contribution in [2.24, 2.45) is 5.92 Å². The minimum absolute atomic E-state index is 0.273. The van der Waals surface area contributed by atoms with E-state index in [2.05, 4.69) is 5.32 Å². The number of ether oxygens (including phenoxy) is 1. The molecule has 6 atom stereocenters. The average molecular weight is 279 g/mol. The molecule has 0 aliphatic carbocycles. The summed E-state index contributed by atoms with van der Waals surface area (Å²) >= 11 is 0. The molecule has 1 heterocycles. The van der Waals surface area contributed by atoms with Crippen molar-refractivity contribution in [1.29, 1.82) is 0 Å². The van der Waals surface area contributed by atoms with Crippen LogP contribution < -0.4 is 5.32 Å². The molecule has 1 aliphatic heterocycles. The van der Waals surface area contributed by atoms with Gasteiger partial charge in [-0.3, -0.25) is 10.1 Å². The molecule has 8 heteroatoms. The van der Waals surface area contributed by atoms with Crippen LogP contribution in [0.25, 0.3) is 0 Å². The van der Waals surface area contributed by atoms with Crippen molar-refractivity contribution in [2.75, 3.05) is 6.61 Å². The number of carboxylic acid groups (broad SMARTS) is 1. The van der Waals surface area contributed by atoms with Crippen molar-refractivity contribution in [3.8, 4) is 0 Å². The molecule has 0 saturated carbocycles. The predicted octanol–water partition coefficient (Wildman–Crippen LogP) is -2.51. The first kappa shape index (κ1) is 16.3. The molecule has 6 N–H and O–H groups in total. The number of hydrogen-bond donors (Lipinski definition) is 6. The summed E-state index contributed by atoms with van der Waals surface area (Å²) in [5.41, 5.74) is 0. The Morgan fingerprint density at radius 3 is 2.21 bits per heavy atom. The summed E-state index contributed by atoms with van der Waals surface area (Å²) < 4.78 is 5.18. The van der Waals surface area contributed by atoms with Crippen LogP contribution in [0.3, 0.4) is 0 Å². The molecule has 1 aliphatic rings. The molecule has 8 nitrogen and oxygen atoms in total. The van der Waals surface area contributed by atoms with Crippen LogP contribution in [0.1, 0.15) is 13.8 Å². The smallest absolute Gasteiger partial charge is 0.321 e. The summed E-state index contributed by atoms with van der Waals surface area (Å²) in [4.78, 5) is 11.1. The molecular formula is C11H21NO7. The maximum absolute atomic E-state index is 11.1. The number of rotatable bonds is 5. The van der Waals surface area contributed by atoms with E-state index in [1.807, 2.05) is 0 Å². The highest BCUT2D eigenvalue weighted by Crippen LogP contribution is 2.20. The monoisotopic (exact) mass is 279 g/mol. The van der Waals surface area contributed by atoms with Crippen molar-refractivity contribution in [2.45, 2.75) is 50.5 Å². The van der Waals surface area contributed by atoms with Gasteiger partial charge in [-0.15, -0.1) is 0 Å². The second kappa shape index (κ2) is 6.60. The summed E-state index contributed by atoms with van der Waals surface area (Å²) in [5, 5.41) is 49.6. The second-order valence-corrected chi connectivity index (χ2v) is 4.98. The zero-order valence-electron chi connectivity index (χ0n) is 10.8. The fourth-order valence-corrected chi connectivity index (χ4v) is 1.97. The van der Waals surface area contributed by atoms with Crippen LogP contribution >= 0.6 is 0 Å². The van der Waals surface area contributed by atoms with Crippen molar-refractivity contribution >= 4 is 5.97 Å². The second-order valence-electron chi connectivity index (χ2n) is 4.98. The molecule has 19 heavy (non-hydrogen) atoms. The van der Waals surface area contributed by atoms with Crippen molar-refractivity contribution in [3.63, 3.8) is 0 Å². The zero-order chi connectivity index (χ0) is 14.7. The highest BCUT2D eigenvalue weighted by Gasteiger charge is 2.44. The molecule has 1 fully saturated rings. The van der Waals surface area contributed by atoms with E-state index in [4.69, 9.17) is 14.9 Å². The highest BCUT2D eigenvalue weighted by atomic mass is 16.6. The van der Waals surface area contributed by atoms with Crippen LogP contribution in [-0.4, -0.2) is 74.8 Å². The lowest BCUT2D eigenvalue weighted by molar-refractivity contribution is -0.239. The Bertz CT molecular complexity index is 309. The van der Waals surface area contributed by atoms with Crippen molar-refractivity contribution < 1.29 is 35.1 Å². The Morgan fingerprint density at radius 1 is 1.21 bits per heavy atom. The van der Waals surface area contributed by atoms with Gasteiger partial charge in [-0.25, -0.2) is 0 Å². The maximum atomic E-state index is 11.1. The van der Waals surface area contributed by atoms with E-state index >= 15 is 0 Å². The standard InChI is InChI=1S/C11H21NO7/c1-4(2)6(11(17)18)12-10-9(16)8(15)7(14)5(3-13)19-10/h4-10,12-16H,3H2,1-2H3,(H,17,18)/t5-,6+,7-,8+,9-,10?/m1/s1. The van der Waals surface area contributed by atoms with E-state index in [0.717, 1.165) is 0 Å². The van der Waals surface area contributed by atoms with E-state index in [9.17, 15) is 20.1 Å². The summed E-state index contributed by atoms with van der Waals surface area (Å²) in [5.74, 6) is -1.39. The lowest BCUT2D eigenvalue weighted by atomic mass is 9.97. The first-order valence-corrected chi connectivity index (χ1v) is 6.09. The van der Waals surface area contributed by atoms with Gasteiger partial charge in [0.05, 0.1) is 6.61 Å². The molecule has 112 valence electrons. The molecule has 0 amide bonds. The van der Waals surface area contributed by atoms with Gasteiger partial charge in [0, 0.05) is 0 Å². The Labute approximate surface area is 110 Å². The quantitative estimate of drug-likeness (QED) is 0.324. The molecule has 1 rings (SSSR count). The van der Waals surface area contributed by atoms with Gasteiger partial charge in [0.25, 0.3) is 0 Å². The molecule has 0 aromatic carbocycles. The number of nitrogens with one attached hydrogen (secondary N) is 1. The SMILES string of the molecule is CC(C)[C@H](NC1O[C@H](CO)[C@@H](O)[C@H](O)[C@H]1O)C(=O)O. The fraction of sp³-hybridized carbons (Fsp3) is 0.909. The number of hydrogen-bond acceptors (Lipinski definition) is 7. The molecular weight excluding hydrogens is 258 g/mol. The normalized spacial score (nSPS) is 37.3. The maximum Gasteiger partial charge on any atom is 0.321 e. The van der Waals surface area contributed by atoms with Crippen LogP contribution in [0.15, 0.2) is 0 Å². The number of aliphatic carboxylic acids is 1. The third-order valence-corrected chi connectivity index (χ3v) is 3.17. The minimum atomic E-state index is -1.52. The average Bonchev–Trinajstić information content (AvgIpc) is 2.34. The van der Waals surface area contributed by atoms with Crippen LogP contribution in [-0.2, 0) is 9.53 Å². The lowest BCUT2D eigenvalue weighted by Gasteiger charge is -2.41. The molecule has 0 aromatic heterocycles. The first-order valence-electron chi connectivity index (χ1n) is 6.09. The van der Waals surface area contributed by atoms with Gasteiger partial charge in [0.2, 0.25) is 0 Å². The van der Waals surface area contributed by atoms with Gasteiger partial charge in [-0.2, -0.15) is 0 Å². The van der Waals surface area contributed by atoms with Crippen LogP contribution in [0, 0.1) is 5.92 Å².